The standard InChI is InChI=1S/C34H37NO4S/c36-34(26-12-6-2-7-13-26)39-29-18-19-30-31(24-29)40-33(25-10-4-1-5-11-25)32(30)38-28-16-14-27(15-17-28)37-23-22-35-20-8-3-9-21-35/h2,6-7,12-19,24-25H,1,3-5,8-11,20-23H2. The molecule has 0 bridgehead atoms. The molecule has 2 fully saturated rings. The number of rotatable bonds is 9. The van der Waals surface area contributed by atoms with Gasteiger partial charge in [-0.15, -0.1) is 11.3 Å². The van der Waals surface area contributed by atoms with Crippen LogP contribution in [0.15, 0.2) is 72.8 Å². The molecule has 0 amide bonds. The van der Waals surface area contributed by atoms with Gasteiger partial charge in [0.05, 0.1) is 10.4 Å². The fourth-order valence-corrected chi connectivity index (χ4v) is 7.14. The van der Waals surface area contributed by atoms with Crippen molar-refractivity contribution < 1.29 is 19.0 Å². The zero-order valence-electron chi connectivity index (χ0n) is 23.0. The van der Waals surface area contributed by atoms with Crippen LogP contribution >= 0.6 is 11.3 Å². The second kappa shape index (κ2) is 12.9. The van der Waals surface area contributed by atoms with Crippen molar-refractivity contribution in [2.75, 3.05) is 26.2 Å². The molecule has 1 aliphatic carbocycles. The van der Waals surface area contributed by atoms with Crippen LogP contribution in [-0.2, 0) is 0 Å². The Hall–Kier alpha value is -3.35. The SMILES string of the molecule is O=C(Oc1ccc2c(Oc3ccc(OCCN4CCCCC4)cc3)c(C3CCCCC3)sc2c1)c1ccccc1. The summed E-state index contributed by atoms with van der Waals surface area (Å²) < 4.78 is 19.4. The summed E-state index contributed by atoms with van der Waals surface area (Å²) in [6.07, 6.45) is 10.1. The van der Waals surface area contributed by atoms with Crippen LogP contribution in [0.5, 0.6) is 23.0 Å². The predicted molar refractivity (Wildman–Crippen MR) is 161 cm³/mol. The molecule has 2 aliphatic rings. The number of esters is 1. The highest BCUT2D eigenvalue weighted by molar-refractivity contribution is 7.19. The normalized spacial score (nSPS) is 16.6. The lowest BCUT2D eigenvalue weighted by molar-refractivity contribution is 0.0735. The summed E-state index contributed by atoms with van der Waals surface area (Å²) in [4.78, 5) is 16.4. The molecule has 0 spiro atoms. The van der Waals surface area contributed by atoms with E-state index in [-0.39, 0.29) is 5.97 Å². The maximum Gasteiger partial charge on any atom is 0.343 e. The first-order chi connectivity index (χ1) is 19.7. The Bertz CT molecular complexity index is 1400. The van der Waals surface area contributed by atoms with Crippen molar-refractivity contribution in [3.8, 4) is 23.0 Å². The number of ether oxygens (including phenoxy) is 3. The van der Waals surface area contributed by atoms with E-state index in [1.807, 2.05) is 60.7 Å². The number of likely N-dealkylation sites (tertiary alicyclic amines) is 1. The van der Waals surface area contributed by atoms with Crippen molar-refractivity contribution in [1.29, 1.82) is 0 Å². The number of nitrogens with zero attached hydrogens (tertiary/aromatic N) is 1. The average molecular weight is 556 g/mol. The van der Waals surface area contributed by atoms with Gasteiger partial charge in [0.15, 0.2) is 0 Å². The van der Waals surface area contributed by atoms with Crippen LogP contribution in [0.4, 0.5) is 0 Å². The molecule has 0 atom stereocenters. The van der Waals surface area contributed by atoms with E-state index >= 15 is 0 Å². The predicted octanol–water partition coefficient (Wildman–Crippen LogP) is 8.83. The van der Waals surface area contributed by atoms with E-state index in [0.29, 0.717) is 23.8 Å². The van der Waals surface area contributed by atoms with Crippen molar-refractivity contribution in [2.24, 2.45) is 0 Å². The highest BCUT2D eigenvalue weighted by atomic mass is 32.1. The van der Waals surface area contributed by atoms with Crippen LogP contribution < -0.4 is 14.2 Å². The van der Waals surface area contributed by atoms with E-state index in [4.69, 9.17) is 14.2 Å². The number of carbonyl (C=O) groups excluding carboxylic acids is 1. The Kier molecular flexibility index (Phi) is 8.65. The first kappa shape index (κ1) is 26.9. The second-order valence-corrected chi connectivity index (χ2v) is 12.0. The zero-order valence-corrected chi connectivity index (χ0v) is 23.8. The van der Waals surface area contributed by atoms with Crippen LogP contribution in [-0.4, -0.2) is 37.1 Å². The smallest absolute Gasteiger partial charge is 0.343 e. The van der Waals surface area contributed by atoms with E-state index in [9.17, 15) is 4.79 Å². The summed E-state index contributed by atoms with van der Waals surface area (Å²) in [5.74, 6) is 3.31. The number of hydrogen-bond donors (Lipinski definition) is 0. The van der Waals surface area contributed by atoms with Crippen molar-refractivity contribution >= 4 is 27.4 Å². The molecule has 6 rings (SSSR count). The molecule has 2 heterocycles. The minimum Gasteiger partial charge on any atom is -0.492 e. The van der Waals surface area contributed by atoms with Crippen molar-refractivity contribution in [1.82, 2.24) is 4.90 Å². The van der Waals surface area contributed by atoms with Crippen molar-refractivity contribution in [2.45, 2.75) is 57.3 Å². The lowest BCUT2D eigenvalue weighted by Crippen LogP contribution is -2.33. The average Bonchev–Trinajstić information content (AvgIpc) is 3.36. The maximum atomic E-state index is 12.6. The van der Waals surface area contributed by atoms with Gasteiger partial charge < -0.3 is 14.2 Å². The summed E-state index contributed by atoms with van der Waals surface area (Å²) in [5, 5.41) is 1.06. The van der Waals surface area contributed by atoms with E-state index in [1.54, 1.807) is 23.5 Å². The Morgan fingerprint density at radius 3 is 2.27 bits per heavy atom. The number of carbonyl (C=O) groups is 1. The van der Waals surface area contributed by atoms with Crippen LogP contribution in [0.3, 0.4) is 0 Å². The fourth-order valence-electron chi connectivity index (χ4n) is 5.81. The van der Waals surface area contributed by atoms with Gasteiger partial charge >= 0.3 is 5.97 Å². The summed E-state index contributed by atoms with van der Waals surface area (Å²) in [6.45, 7) is 4.06. The topological polar surface area (TPSA) is 48.0 Å². The number of benzene rings is 3. The second-order valence-electron chi connectivity index (χ2n) is 10.9. The third-order valence-electron chi connectivity index (χ3n) is 8.01. The maximum absolute atomic E-state index is 12.6. The van der Waals surface area contributed by atoms with E-state index in [0.717, 1.165) is 33.9 Å². The molecule has 0 unspecified atom stereocenters. The molecule has 208 valence electrons. The molecule has 6 heteroatoms. The molecule has 1 aromatic heterocycles. The van der Waals surface area contributed by atoms with Gasteiger partial charge in [0.2, 0.25) is 0 Å². The monoisotopic (exact) mass is 555 g/mol. The number of piperidine rings is 1. The third-order valence-corrected chi connectivity index (χ3v) is 9.30. The van der Waals surface area contributed by atoms with E-state index < -0.39 is 0 Å². The molecule has 1 saturated heterocycles. The van der Waals surface area contributed by atoms with Crippen LogP contribution in [0, 0.1) is 0 Å². The molecular weight excluding hydrogens is 518 g/mol. The third kappa shape index (κ3) is 6.51. The summed E-state index contributed by atoms with van der Waals surface area (Å²) in [7, 11) is 0. The Morgan fingerprint density at radius 2 is 1.50 bits per heavy atom. The summed E-state index contributed by atoms with van der Waals surface area (Å²) in [6, 6.07) is 23.0. The Labute approximate surface area is 240 Å². The lowest BCUT2D eigenvalue weighted by Gasteiger charge is -2.26. The van der Waals surface area contributed by atoms with Crippen LogP contribution in [0.2, 0.25) is 0 Å². The lowest BCUT2D eigenvalue weighted by atomic mass is 9.88. The van der Waals surface area contributed by atoms with Gasteiger partial charge in [-0.2, -0.15) is 0 Å². The Morgan fingerprint density at radius 1 is 0.800 bits per heavy atom. The van der Waals surface area contributed by atoms with Crippen molar-refractivity contribution in [3.05, 3.63) is 83.2 Å². The van der Waals surface area contributed by atoms with E-state index in [2.05, 4.69) is 4.90 Å². The molecule has 4 aromatic rings. The minimum absolute atomic E-state index is 0.348. The fraction of sp³-hybridized carbons (Fsp3) is 0.382. The van der Waals surface area contributed by atoms with Crippen molar-refractivity contribution in [3.63, 3.8) is 0 Å². The minimum atomic E-state index is -0.348. The van der Waals surface area contributed by atoms with Gasteiger partial charge in [0, 0.05) is 16.6 Å². The van der Waals surface area contributed by atoms with Crippen LogP contribution in [0.25, 0.3) is 10.1 Å². The molecule has 1 aliphatic heterocycles. The van der Waals surface area contributed by atoms with Gasteiger partial charge in [0.25, 0.3) is 0 Å². The first-order valence-electron chi connectivity index (χ1n) is 14.7. The molecular formula is C34H37NO4S. The quantitative estimate of drug-likeness (QED) is 0.153. The molecule has 3 aromatic carbocycles. The van der Waals surface area contributed by atoms with Gasteiger partial charge in [0.1, 0.15) is 29.6 Å². The number of fused-ring (bicyclic) bond motifs is 1. The van der Waals surface area contributed by atoms with Gasteiger partial charge in [-0.3, -0.25) is 4.90 Å². The molecule has 1 saturated carbocycles. The summed E-state index contributed by atoms with van der Waals surface area (Å²) in [5.41, 5.74) is 0.541. The molecule has 40 heavy (non-hydrogen) atoms. The summed E-state index contributed by atoms with van der Waals surface area (Å²) >= 11 is 1.77. The van der Waals surface area contributed by atoms with Gasteiger partial charge in [-0.05, 0) is 99.3 Å². The molecule has 0 N–H and O–H groups in total. The Balaban J connectivity index is 1.19. The highest BCUT2D eigenvalue weighted by Crippen LogP contribution is 2.48. The molecule has 5 nitrogen and oxygen atoms in total. The number of hydrogen-bond acceptors (Lipinski definition) is 6. The van der Waals surface area contributed by atoms with Crippen LogP contribution in [0.1, 0.15) is 72.5 Å². The molecule has 0 radical (unpaired) electrons. The zero-order chi connectivity index (χ0) is 27.1. The van der Waals surface area contributed by atoms with Gasteiger partial charge in [-0.1, -0.05) is 43.9 Å². The van der Waals surface area contributed by atoms with Gasteiger partial charge in [-0.25, -0.2) is 4.79 Å². The number of thiophene rings is 1. The van der Waals surface area contributed by atoms with E-state index in [1.165, 1.54) is 69.3 Å². The largest absolute Gasteiger partial charge is 0.492 e. The first-order valence-corrected chi connectivity index (χ1v) is 15.5. The highest BCUT2D eigenvalue weighted by Gasteiger charge is 2.25.